The molecule has 0 aromatic rings. The molecular formula is C8H12O2. The first-order valence-corrected chi connectivity index (χ1v) is 4.04. The van der Waals surface area contributed by atoms with Crippen molar-refractivity contribution in [3.05, 3.63) is 0 Å². The maximum Gasteiger partial charge on any atom is 0.161 e. The quantitative estimate of drug-likeness (QED) is 0.506. The average molecular weight is 140 g/mol. The van der Waals surface area contributed by atoms with Gasteiger partial charge in [-0.2, -0.15) is 0 Å². The van der Waals surface area contributed by atoms with E-state index in [2.05, 4.69) is 0 Å². The topological polar surface area (TPSA) is 26.3 Å². The summed E-state index contributed by atoms with van der Waals surface area (Å²) in [6, 6.07) is 0. The smallest absolute Gasteiger partial charge is 0.161 e. The summed E-state index contributed by atoms with van der Waals surface area (Å²) >= 11 is 0. The largest absolute Gasteiger partial charge is 0.367 e. The number of hydrogen-bond donors (Lipinski definition) is 0. The molecule has 0 spiro atoms. The standard InChI is InChI=1S/C8H12O2/c9-7-3-1-2-6-4-5-8(7)10-6/h6,8H,1-5H2/t6-,8-/m1/s1. The molecule has 0 aliphatic carbocycles. The Kier molecular flexibility index (Phi) is 1.49. The zero-order valence-electron chi connectivity index (χ0n) is 6.01. The van der Waals surface area contributed by atoms with E-state index in [0.29, 0.717) is 11.9 Å². The van der Waals surface area contributed by atoms with Crippen molar-refractivity contribution in [2.75, 3.05) is 0 Å². The molecule has 56 valence electrons. The third-order valence-corrected chi connectivity index (χ3v) is 2.42. The first-order valence-electron chi connectivity index (χ1n) is 4.04. The van der Waals surface area contributed by atoms with Crippen LogP contribution in [0.5, 0.6) is 0 Å². The van der Waals surface area contributed by atoms with Gasteiger partial charge in [0, 0.05) is 6.42 Å². The van der Waals surface area contributed by atoms with E-state index >= 15 is 0 Å². The van der Waals surface area contributed by atoms with Crippen molar-refractivity contribution in [2.24, 2.45) is 0 Å². The van der Waals surface area contributed by atoms with Gasteiger partial charge in [-0.25, -0.2) is 0 Å². The highest BCUT2D eigenvalue weighted by atomic mass is 16.5. The van der Waals surface area contributed by atoms with Crippen molar-refractivity contribution in [3.63, 3.8) is 0 Å². The van der Waals surface area contributed by atoms with E-state index in [1.54, 1.807) is 0 Å². The molecule has 2 bridgehead atoms. The summed E-state index contributed by atoms with van der Waals surface area (Å²) in [4.78, 5) is 11.1. The van der Waals surface area contributed by atoms with Crippen LogP contribution >= 0.6 is 0 Å². The molecule has 0 radical (unpaired) electrons. The molecule has 0 amide bonds. The predicted molar refractivity (Wildman–Crippen MR) is 36.8 cm³/mol. The Balaban J connectivity index is 2.10. The number of fused-ring (bicyclic) bond motifs is 2. The Labute approximate surface area is 60.6 Å². The summed E-state index contributed by atoms with van der Waals surface area (Å²) in [5.74, 6) is 0.333. The third-order valence-electron chi connectivity index (χ3n) is 2.42. The van der Waals surface area contributed by atoms with E-state index in [9.17, 15) is 4.79 Å². The molecule has 2 heteroatoms. The van der Waals surface area contributed by atoms with Crippen molar-refractivity contribution in [3.8, 4) is 0 Å². The maximum absolute atomic E-state index is 11.1. The Hall–Kier alpha value is -0.370. The Morgan fingerprint density at radius 2 is 2.20 bits per heavy atom. The number of carbonyl (C=O) groups is 1. The van der Waals surface area contributed by atoms with Gasteiger partial charge in [-0.3, -0.25) is 4.79 Å². The molecule has 2 aliphatic heterocycles. The second-order valence-electron chi connectivity index (χ2n) is 3.18. The molecule has 2 aliphatic rings. The predicted octanol–water partition coefficient (Wildman–Crippen LogP) is 1.29. The summed E-state index contributed by atoms with van der Waals surface area (Å²) < 4.78 is 5.48. The van der Waals surface area contributed by atoms with Crippen LogP contribution in [0.4, 0.5) is 0 Å². The minimum atomic E-state index is -0.0208. The molecule has 0 saturated carbocycles. The van der Waals surface area contributed by atoms with Crippen LogP contribution < -0.4 is 0 Å². The highest BCUT2D eigenvalue weighted by molar-refractivity contribution is 5.83. The van der Waals surface area contributed by atoms with Gasteiger partial charge in [0.2, 0.25) is 0 Å². The number of carbonyl (C=O) groups excluding carboxylic acids is 1. The van der Waals surface area contributed by atoms with Crippen molar-refractivity contribution in [1.82, 2.24) is 0 Å². The first kappa shape index (κ1) is 6.35. The zero-order valence-corrected chi connectivity index (χ0v) is 6.01. The van der Waals surface area contributed by atoms with E-state index in [0.717, 1.165) is 32.1 Å². The van der Waals surface area contributed by atoms with Gasteiger partial charge in [0.1, 0.15) is 6.10 Å². The van der Waals surface area contributed by atoms with E-state index in [-0.39, 0.29) is 6.10 Å². The molecule has 10 heavy (non-hydrogen) atoms. The van der Waals surface area contributed by atoms with Gasteiger partial charge in [0.05, 0.1) is 6.10 Å². The van der Waals surface area contributed by atoms with Gasteiger partial charge >= 0.3 is 0 Å². The number of Topliss-reactive ketones (excluding diaryl/α,β-unsaturated/α-hetero) is 1. The lowest BCUT2D eigenvalue weighted by atomic mass is 10.0. The molecule has 2 heterocycles. The highest BCUT2D eigenvalue weighted by Gasteiger charge is 2.32. The minimum absolute atomic E-state index is 0.0208. The van der Waals surface area contributed by atoms with Gasteiger partial charge in [0.25, 0.3) is 0 Å². The van der Waals surface area contributed by atoms with Gasteiger partial charge in [0.15, 0.2) is 5.78 Å². The number of ether oxygens (including phenoxy) is 1. The minimum Gasteiger partial charge on any atom is -0.367 e. The molecule has 2 fully saturated rings. The number of ketones is 1. The van der Waals surface area contributed by atoms with E-state index < -0.39 is 0 Å². The van der Waals surface area contributed by atoms with Crippen molar-refractivity contribution < 1.29 is 9.53 Å². The molecule has 0 aromatic heterocycles. The van der Waals surface area contributed by atoms with Crippen LogP contribution in [0.25, 0.3) is 0 Å². The molecule has 2 nitrogen and oxygen atoms in total. The van der Waals surface area contributed by atoms with Crippen LogP contribution in [0.2, 0.25) is 0 Å². The lowest BCUT2D eigenvalue weighted by Crippen LogP contribution is -2.17. The van der Waals surface area contributed by atoms with Crippen molar-refractivity contribution in [2.45, 2.75) is 44.3 Å². The van der Waals surface area contributed by atoms with Crippen LogP contribution in [-0.4, -0.2) is 18.0 Å². The van der Waals surface area contributed by atoms with E-state index in [1.165, 1.54) is 0 Å². The SMILES string of the molecule is O=C1CCC[C@@H]2CC[C@H]1O2. The van der Waals surface area contributed by atoms with Crippen LogP contribution in [0.1, 0.15) is 32.1 Å². The Bertz CT molecular complexity index is 153. The van der Waals surface area contributed by atoms with Crippen LogP contribution in [0.3, 0.4) is 0 Å². The summed E-state index contributed by atoms with van der Waals surface area (Å²) in [5.41, 5.74) is 0. The second kappa shape index (κ2) is 2.35. The van der Waals surface area contributed by atoms with E-state index in [4.69, 9.17) is 4.74 Å². The molecular weight excluding hydrogens is 128 g/mol. The normalized spacial score (nSPS) is 39.8. The van der Waals surface area contributed by atoms with Crippen LogP contribution in [-0.2, 0) is 9.53 Å². The fourth-order valence-corrected chi connectivity index (χ4v) is 1.82. The Morgan fingerprint density at radius 3 is 3.10 bits per heavy atom. The monoisotopic (exact) mass is 140 g/mol. The lowest BCUT2D eigenvalue weighted by molar-refractivity contribution is -0.128. The maximum atomic E-state index is 11.1. The number of hydrogen-bond acceptors (Lipinski definition) is 2. The molecule has 2 atom stereocenters. The van der Waals surface area contributed by atoms with Gasteiger partial charge in [-0.15, -0.1) is 0 Å². The third kappa shape index (κ3) is 0.966. The van der Waals surface area contributed by atoms with Crippen molar-refractivity contribution in [1.29, 1.82) is 0 Å². The van der Waals surface area contributed by atoms with Gasteiger partial charge in [-0.05, 0) is 25.7 Å². The number of rotatable bonds is 0. The second-order valence-corrected chi connectivity index (χ2v) is 3.18. The lowest BCUT2D eigenvalue weighted by Gasteiger charge is -2.04. The summed E-state index contributed by atoms with van der Waals surface area (Å²) in [7, 11) is 0. The Morgan fingerprint density at radius 1 is 1.30 bits per heavy atom. The fourth-order valence-electron chi connectivity index (χ4n) is 1.82. The van der Waals surface area contributed by atoms with E-state index in [1.807, 2.05) is 0 Å². The average Bonchev–Trinajstić information content (AvgIpc) is 2.27. The molecule has 0 aromatic carbocycles. The van der Waals surface area contributed by atoms with Gasteiger partial charge < -0.3 is 4.74 Å². The van der Waals surface area contributed by atoms with Crippen molar-refractivity contribution >= 4 is 5.78 Å². The summed E-state index contributed by atoms with van der Waals surface area (Å²) in [6.45, 7) is 0. The summed E-state index contributed by atoms with van der Waals surface area (Å²) in [6.07, 6.45) is 5.37. The fraction of sp³-hybridized carbons (Fsp3) is 0.875. The summed E-state index contributed by atoms with van der Waals surface area (Å²) in [5, 5.41) is 0. The van der Waals surface area contributed by atoms with Crippen LogP contribution in [0.15, 0.2) is 0 Å². The van der Waals surface area contributed by atoms with Gasteiger partial charge in [-0.1, -0.05) is 0 Å². The highest BCUT2D eigenvalue weighted by Crippen LogP contribution is 2.28. The zero-order chi connectivity index (χ0) is 6.97. The molecule has 0 unspecified atom stereocenters. The molecule has 2 saturated heterocycles. The first-order chi connectivity index (χ1) is 4.86. The molecule has 0 N–H and O–H groups in total. The van der Waals surface area contributed by atoms with Crippen LogP contribution in [0, 0.1) is 0 Å². The molecule has 2 rings (SSSR count).